The van der Waals surface area contributed by atoms with E-state index in [1.165, 1.54) is 0 Å². The fraction of sp³-hybridized carbons (Fsp3) is 0.949. The topological polar surface area (TPSA) is 213 Å². The molecule has 21 atom stereocenters. The van der Waals surface area contributed by atoms with E-state index in [-0.39, 0.29) is 59.1 Å². The number of fused-ring (bicyclic) bond motifs is 5. The summed E-state index contributed by atoms with van der Waals surface area (Å²) in [6, 6.07) is 0. The summed E-state index contributed by atoms with van der Waals surface area (Å²) in [4.78, 5) is 27.3. The van der Waals surface area contributed by atoms with Gasteiger partial charge in [0.1, 0.15) is 48.2 Å². The molecule has 4 aliphatic carbocycles. The number of rotatable bonds is 10. The van der Waals surface area contributed by atoms with Crippen LogP contribution < -0.4 is 0 Å². The van der Waals surface area contributed by atoms with Gasteiger partial charge in [0, 0.05) is 37.7 Å². The maximum atomic E-state index is 13.9. The van der Waals surface area contributed by atoms with Crippen molar-refractivity contribution in [1.82, 2.24) is 0 Å². The lowest BCUT2D eigenvalue weighted by Gasteiger charge is -2.63. The molecule has 298 valence electrons. The molecule has 0 aromatic rings. The summed E-state index contributed by atoms with van der Waals surface area (Å²) in [5.74, 6) is 0.0299. The first-order valence-corrected chi connectivity index (χ1v) is 19.8. The number of hydrogen-bond donors (Lipinski definition) is 7. The fourth-order valence-corrected chi connectivity index (χ4v) is 11.7. The lowest BCUT2D eigenvalue weighted by molar-refractivity contribution is -0.340. The van der Waals surface area contributed by atoms with Crippen LogP contribution in [0.3, 0.4) is 0 Å². The molecule has 6 fully saturated rings. The summed E-state index contributed by atoms with van der Waals surface area (Å²) in [6.45, 7) is 11.5. The van der Waals surface area contributed by atoms with Gasteiger partial charge in [-0.1, -0.05) is 27.7 Å². The molecule has 0 spiro atoms. The molecule has 4 unspecified atom stereocenters. The van der Waals surface area contributed by atoms with Gasteiger partial charge in [-0.3, -0.25) is 9.59 Å². The van der Waals surface area contributed by atoms with Gasteiger partial charge in [-0.2, -0.15) is 0 Å². The molecule has 2 heterocycles. The molecule has 0 radical (unpaired) electrons. The van der Waals surface area contributed by atoms with Gasteiger partial charge in [0.05, 0.1) is 24.4 Å². The van der Waals surface area contributed by atoms with Crippen molar-refractivity contribution in [3.8, 4) is 0 Å². The van der Waals surface area contributed by atoms with E-state index in [2.05, 4.69) is 13.8 Å². The Morgan fingerprint density at radius 3 is 2.02 bits per heavy atom. The first-order valence-electron chi connectivity index (χ1n) is 19.8. The molecule has 4 saturated carbocycles. The van der Waals surface area contributed by atoms with E-state index in [9.17, 15) is 45.3 Å². The molecule has 2 aliphatic heterocycles. The number of aliphatic hydroxyl groups excluding tert-OH is 7. The Bertz CT molecular complexity index is 1280. The highest BCUT2D eigenvalue weighted by molar-refractivity contribution is 5.92. The Balaban J connectivity index is 1.26. The van der Waals surface area contributed by atoms with E-state index in [1.54, 1.807) is 13.8 Å². The van der Waals surface area contributed by atoms with Crippen molar-refractivity contribution in [2.75, 3.05) is 6.61 Å². The number of carbonyl (C=O) groups excluding carboxylic acids is 2. The minimum atomic E-state index is -1.50. The molecule has 0 bridgehead atoms. The Labute approximate surface area is 307 Å². The van der Waals surface area contributed by atoms with Crippen molar-refractivity contribution in [2.45, 2.75) is 173 Å². The van der Waals surface area contributed by atoms with Gasteiger partial charge in [0.15, 0.2) is 12.6 Å². The third-order valence-electron chi connectivity index (χ3n) is 15.0. The van der Waals surface area contributed by atoms with E-state index < -0.39 is 85.0 Å². The second kappa shape index (κ2) is 15.4. The minimum Gasteiger partial charge on any atom is -0.396 e. The molecule has 52 heavy (non-hydrogen) atoms. The molecule has 7 N–H and O–H groups in total. The van der Waals surface area contributed by atoms with Crippen LogP contribution in [0, 0.1) is 52.3 Å². The summed E-state index contributed by atoms with van der Waals surface area (Å²) in [7, 11) is 0. The molecule has 13 heteroatoms. The second-order valence-corrected chi connectivity index (χ2v) is 18.0. The van der Waals surface area contributed by atoms with E-state index in [4.69, 9.17) is 18.9 Å². The standard InChI is InChI=1S/C39H64O13/c1-17(16-40)7-10-26(41)18(2)29-27(42)15-25-23-9-8-21-13-22(51-36-34(47)32(45)30(43)19(3)49-36)14-28(39(21,6)24(23)11-12-38(25,29)5)52-37-35(48)33(46)31(44)20(4)50-37/h17-25,28-37,40,43-48H,7-16H2,1-6H3/t17?,18-,19+,20+,21-,22-,23?,24?,25?,28-,29+,30+,31+,32-,33-,34-,35-,36+,37+,38+,39+/m1/s1. The molecule has 0 aromatic heterocycles. The van der Waals surface area contributed by atoms with Crippen molar-refractivity contribution in [3.63, 3.8) is 0 Å². The average molecular weight is 741 g/mol. The lowest BCUT2D eigenvalue weighted by atomic mass is 9.43. The van der Waals surface area contributed by atoms with Crippen LogP contribution in [0.5, 0.6) is 0 Å². The first kappa shape index (κ1) is 40.6. The summed E-state index contributed by atoms with van der Waals surface area (Å²) >= 11 is 0. The molecule has 13 nitrogen and oxygen atoms in total. The van der Waals surface area contributed by atoms with Gasteiger partial charge in [-0.05, 0) is 92.8 Å². The smallest absolute Gasteiger partial charge is 0.186 e. The Morgan fingerprint density at radius 2 is 1.42 bits per heavy atom. The van der Waals surface area contributed by atoms with Gasteiger partial charge in [-0.25, -0.2) is 0 Å². The first-order chi connectivity index (χ1) is 24.4. The van der Waals surface area contributed by atoms with Crippen LogP contribution in [0.1, 0.15) is 99.3 Å². The third-order valence-corrected chi connectivity index (χ3v) is 15.0. The number of hydrogen-bond acceptors (Lipinski definition) is 13. The van der Waals surface area contributed by atoms with E-state index >= 15 is 0 Å². The highest BCUT2D eigenvalue weighted by Crippen LogP contribution is 2.68. The van der Waals surface area contributed by atoms with Gasteiger partial charge in [-0.15, -0.1) is 0 Å². The predicted molar refractivity (Wildman–Crippen MR) is 185 cm³/mol. The van der Waals surface area contributed by atoms with Crippen molar-refractivity contribution >= 4 is 11.6 Å². The van der Waals surface area contributed by atoms with Crippen molar-refractivity contribution < 1.29 is 64.3 Å². The molecule has 6 aliphatic rings. The Hall–Kier alpha value is -1.10. The van der Waals surface area contributed by atoms with Crippen molar-refractivity contribution in [2.24, 2.45) is 52.3 Å². The van der Waals surface area contributed by atoms with Crippen LogP contribution >= 0.6 is 0 Å². The summed E-state index contributed by atoms with van der Waals surface area (Å²) < 4.78 is 24.8. The third kappa shape index (κ3) is 6.97. The number of carbonyl (C=O) groups is 2. The normalized spacial score (nSPS) is 51.9. The number of ketones is 2. The molecular formula is C39H64O13. The number of ether oxygens (including phenoxy) is 4. The second-order valence-electron chi connectivity index (χ2n) is 18.0. The van der Waals surface area contributed by atoms with Crippen LogP contribution in [-0.4, -0.2) is 128 Å². The zero-order valence-corrected chi connectivity index (χ0v) is 31.6. The van der Waals surface area contributed by atoms with Crippen molar-refractivity contribution in [1.29, 1.82) is 0 Å². The van der Waals surface area contributed by atoms with Gasteiger partial charge >= 0.3 is 0 Å². The molecule has 0 aromatic carbocycles. The molecular weight excluding hydrogens is 676 g/mol. The number of Topliss-reactive ketones (excluding diaryl/α,β-unsaturated/α-hetero) is 2. The predicted octanol–water partition coefficient (Wildman–Crippen LogP) is 1.47. The van der Waals surface area contributed by atoms with E-state index in [1.807, 2.05) is 13.8 Å². The Morgan fingerprint density at radius 1 is 0.827 bits per heavy atom. The van der Waals surface area contributed by atoms with E-state index in [0.717, 1.165) is 25.7 Å². The quantitative estimate of drug-likeness (QED) is 0.158. The number of aliphatic hydroxyl groups is 7. The van der Waals surface area contributed by atoms with Crippen LogP contribution in [0.4, 0.5) is 0 Å². The lowest BCUT2D eigenvalue weighted by Crippen LogP contribution is -2.64. The largest absolute Gasteiger partial charge is 0.396 e. The summed E-state index contributed by atoms with van der Waals surface area (Å²) in [5.41, 5.74) is -0.791. The SMILES string of the molecule is CC(CO)CCC(=O)[C@@H](C)[C@H]1C(=O)CC2C3CC[C@@H]4C[C@@H](O[C@@H]5O[C@@H](C)[C@H](O)[C@@H](O)[C@H]5O)C[C@@H](O[C@@H]5O[C@@H](C)[C@H](O)[C@@H](O)[C@H]5O)[C@]4(C)C3CC[C@@]21C. The highest BCUT2D eigenvalue weighted by atomic mass is 16.7. The molecule has 0 amide bonds. The maximum Gasteiger partial charge on any atom is 0.186 e. The maximum absolute atomic E-state index is 13.9. The minimum absolute atomic E-state index is 0.0282. The van der Waals surface area contributed by atoms with Gasteiger partial charge in [0.2, 0.25) is 0 Å². The van der Waals surface area contributed by atoms with Gasteiger partial charge < -0.3 is 54.7 Å². The molecule has 6 rings (SSSR count). The summed E-state index contributed by atoms with van der Waals surface area (Å²) in [6.07, 6.45) is -7.82. The monoisotopic (exact) mass is 740 g/mol. The fourth-order valence-electron chi connectivity index (χ4n) is 11.7. The Kier molecular flexibility index (Phi) is 12.0. The summed E-state index contributed by atoms with van der Waals surface area (Å²) in [5, 5.41) is 73.1. The molecule has 2 saturated heterocycles. The van der Waals surface area contributed by atoms with Crippen LogP contribution in [0.2, 0.25) is 0 Å². The van der Waals surface area contributed by atoms with Crippen LogP contribution in [0.25, 0.3) is 0 Å². The average Bonchev–Trinajstić information content (AvgIpc) is 3.39. The van der Waals surface area contributed by atoms with Gasteiger partial charge in [0.25, 0.3) is 0 Å². The van der Waals surface area contributed by atoms with Crippen LogP contribution in [0.15, 0.2) is 0 Å². The zero-order chi connectivity index (χ0) is 38.0. The van der Waals surface area contributed by atoms with Crippen molar-refractivity contribution in [3.05, 3.63) is 0 Å². The van der Waals surface area contributed by atoms with Crippen LogP contribution in [-0.2, 0) is 28.5 Å². The highest BCUT2D eigenvalue weighted by Gasteiger charge is 2.66. The van der Waals surface area contributed by atoms with E-state index in [0.29, 0.717) is 32.1 Å². The zero-order valence-electron chi connectivity index (χ0n) is 31.6.